The van der Waals surface area contributed by atoms with E-state index in [1.807, 2.05) is 11.9 Å². The molecular formula is C21H33ClN4O2. The largest absolute Gasteiger partial charge is 0.339 e. The molecule has 6 nitrogen and oxygen atoms in total. The van der Waals surface area contributed by atoms with Crippen LogP contribution in [-0.4, -0.2) is 61.0 Å². The van der Waals surface area contributed by atoms with Crippen LogP contribution in [0.5, 0.6) is 0 Å². The number of urea groups is 1. The molecule has 3 amide bonds. The third-order valence-corrected chi connectivity index (χ3v) is 5.82. The molecule has 156 valence electrons. The lowest BCUT2D eigenvalue weighted by Gasteiger charge is -2.31. The fraction of sp³-hybridized carbons (Fsp3) is 0.619. The summed E-state index contributed by atoms with van der Waals surface area (Å²) < 4.78 is 0. The van der Waals surface area contributed by atoms with Crippen LogP contribution in [0.2, 0.25) is 5.02 Å². The Morgan fingerprint density at radius 3 is 2.43 bits per heavy atom. The molecule has 0 bridgehead atoms. The van der Waals surface area contributed by atoms with Crippen LogP contribution in [-0.2, 0) is 0 Å². The van der Waals surface area contributed by atoms with Crippen LogP contribution in [0.1, 0.15) is 56.3 Å². The maximum absolute atomic E-state index is 12.8. The minimum Gasteiger partial charge on any atom is -0.339 e. The van der Waals surface area contributed by atoms with Crippen molar-refractivity contribution in [2.75, 3.05) is 38.5 Å². The number of likely N-dealkylation sites (N-methyl/N-ethyl adjacent to an activating group) is 1. The van der Waals surface area contributed by atoms with E-state index >= 15 is 0 Å². The molecule has 0 radical (unpaired) electrons. The molecule has 0 unspecified atom stereocenters. The minimum atomic E-state index is -0.276. The van der Waals surface area contributed by atoms with Gasteiger partial charge in [0.05, 0.1) is 10.6 Å². The Balaban J connectivity index is 1.90. The topological polar surface area (TPSA) is 64.7 Å². The van der Waals surface area contributed by atoms with Crippen LogP contribution >= 0.6 is 11.6 Å². The van der Waals surface area contributed by atoms with Gasteiger partial charge >= 0.3 is 6.03 Å². The molecule has 1 aromatic rings. The zero-order chi connectivity index (χ0) is 20.5. The summed E-state index contributed by atoms with van der Waals surface area (Å²) in [5.74, 6) is -0.0628. The first-order valence-corrected chi connectivity index (χ1v) is 10.7. The zero-order valence-electron chi connectivity index (χ0n) is 17.3. The SMILES string of the molecule is CCN(CC)CCNC(=O)Nc1ccc(C(=O)N(C)C2CCCCC2)c(Cl)c1. The van der Waals surface area contributed by atoms with E-state index in [1.54, 1.807) is 18.2 Å². The standard InChI is InChI=1S/C21H33ClN4O2/c1-4-26(5-2)14-13-23-21(28)24-16-11-12-18(19(22)15-16)20(27)25(3)17-9-7-6-8-10-17/h11-12,15,17H,4-10,13-14H2,1-3H3,(H2,23,24,28). The van der Waals surface area contributed by atoms with Gasteiger partial charge in [0.25, 0.3) is 5.91 Å². The summed E-state index contributed by atoms with van der Waals surface area (Å²) in [5.41, 5.74) is 1.05. The number of amides is 3. The first-order valence-electron chi connectivity index (χ1n) is 10.3. The van der Waals surface area contributed by atoms with Gasteiger partial charge in [0.15, 0.2) is 0 Å². The Bertz CT molecular complexity index is 658. The highest BCUT2D eigenvalue weighted by atomic mass is 35.5. The van der Waals surface area contributed by atoms with Gasteiger partial charge in [0.1, 0.15) is 0 Å². The third-order valence-electron chi connectivity index (χ3n) is 5.51. The van der Waals surface area contributed by atoms with Crippen molar-refractivity contribution in [2.24, 2.45) is 0 Å². The summed E-state index contributed by atoms with van der Waals surface area (Å²) in [6.45, 7) is 7.49. The van der Waals surface area contributed by atoms with E-state index < -0.39 is 0 Å². The predicted molar refractivity (Wildman–Crippen MR) is 115 cm³/mol. The molecule has 0 atom stereocenters. The second-order valence-corrected chi connectivity index (χ2v) is 7.72. The summed E-state index contributed by atoms with van der Waals surface area (Å²) in [7, 11) is 1.85. The number of carbonyl (C=O) groups excluding carboxylic acids is 2. The Morgan fingerprint density at radius 2 is 1.82 bits per heavy atom. The lowest BCUT2D eigenvalue weighted by molar-refractivity contribution is 0.0696. The van der Waals surface area contributed by atoms with Crippen molar-refractivity contribution < 1.29 is 9.59 Å². The molecule has 0 aliphatic heterocycles. The highest BCUT2D eigenvalue weighted by Gasteiger charge is 2.24. The quantitative estimate of drug-likeness (QED) is 0.677. The van der Waals surface area contributed by atoms with Crippen molar-refractivity contribution in [1.82, 2.24) is 15.1 Å². The monoisotopic (exact) mass is 408 g/mol. The number of nitrogens with zero attached hydrogens (tertiary/aromatic N) is 2. The van der Waals surface area contributed by atoms with Gasteiger partial charge in [-0.05, 0) is 44.1 Å². The van der Waals surface area contributed by atoms with Crippen molar-refractivity contribution >= 4 is 29.2 Å². The Hall–Kier alpha value is -1.79. The zero-order valence-corrected chi connectivity index (χ0v) is 18.0. The molecule has 0 spiro atoms. The molecule has 1 aromatic carbocycles. The van der Waals surface area contributed by atoms with Crippen LogP contribution in [0.25, 0.3) is 0 Å². The van der Waals surface area contributed by atoms with E-state index in [-0.39, 0.29) is 18.0 Å². The number of rotatable bonds is 8. The first-order chi connectivity index (χ1) is 13.5. The van der Waals surface area contributed by atoms with Gasteiger partial charge < -0.3 is 20.4 Å². The second kappa shape index (κ2) is 11.3. The van der Waals surface area contributed by atoms with E-state index in [4.69, 9.17) is 11.6 Å². The van der Waals surface area contributed by atoms with E-state index in [1.165, 1.54) is 19.3 Å². The summed E-state index contributed by atoms with van der Waals surface area (Å²) >= 11 is 6.35. The van der Waals surface area contributed by atoms with Gasteiger partial charge in [-0.2, -0.15) is 0 Å². The average molecular weight is 409 g/mol. The number of carbonyl (C=O) groups is 2. The van der Waals surface area contributed by atoms with E-state index in [9.17, 15) is 9.59 Å². The fourth-order valence-electron chi connectivity index (χ4n) is 3.63. The Morgan fingerprint density at radius 1 is 1.14 bits per heavy atom. The molecule has 0 aromatic heterocycles. The smallest absolute Gasteiger partial charge is 0.319 e. The van der Waals surface area contributed by atoms with Gasteiger partial charge in [-0.15, -0.1) is 0 Å². The van der Waals surface area contributed by atoms with Gasteiger partial charge in [0.2, 0.25) is 0 Å². The molecule has 2 N–H and O–H groups in total. The number of anilines is 1. The molecule has 1 aliphatic carbocycles. The van der Waals surface area contributed by atoms with Crippen LogP contribution < -0.4 is 10.6 Å². The van der Waals surface area contributed by atoms with E-state index in [2.05, 4.69) is 29.4 Å². The summed E-state index contributed by atoms with van der Waals surface area (Å²) in [6, 6.07) is 5.05. The van der Waals surface area contributed by atoms with Crippen LogP contribution in [0.4, 0.5) is 10.5 Å². The number of benzene rings is 1. The molecule has 2 rings (SSSR count). The van der Waals surface area contributed by atoms with Gasteiger partial charge in [-0.25, -0.2) is 4.79 Å². The van der Waals surface area contributed by atoms with Crippen molar-refractivity contribution in [2.45, 2.75) is 52.0 Å². The molecule has 7 heteroatoms. The highest BCUT2D eigenvalue weighted by molar-refractivity contribution is 6.34. The predicted octanol–water partition coefficient (Wildman–Crippen LogP) is 4.21. The third kappa shape index (κ3) is 6.38. The molecule has 28 heavy (non-hydrogen) atoms. The molecule has 1 fully saturated rings. The van der Waals surface area contributed by atoms with Gasteiger partial charge in [-0.3, -0.25) is 4.79 Å². The van der Waals surface area contributed by atoms with E-state index in [0.717, 1.165) is 32.5 Å². The van der Waals surface area contributed by atoms with Crippen molar-refractivity contribution in [3.05, 3.63) is 28.8 Å². The van der Waals surface area contributed by atoms with Crippen LogP contribution in [0, 0.1) is 0 Å². The Kier molecular flexibility index (Phi) is 9.06. The average Bonchev–Trinajstić information content (AvgIpc) is 2.71. The van der Waals surface area contributed by atoms with Crippen molar-refractivity contribution in [3.8, 4) is 0 Å². The number of halogens is 1. The molecular weight excluding hydrogens is 376 g/mol. The normalized spacial score (nSPS) is 14.8. The summed E-state index contributed by atoms with van der Waals surface area (Å²) in [5, 5.41) is 5.97. The van der Waals surface area contributed by atoms with Crippen molar-refractivity contribution in [1.29, 1.82) is 0 Å². The lowest BCUT2D eigenvalue weighted by atomic mass is 9.94. The molecule has 1 aliphatic rings. The van der Waals surface area contributed by atoms with Gasteiger partial charge in [0, 0.05) is 31.9 Å². The number of nitrogens with one attached hydrogen (secondary N) is 2. The maximum Gasteiger partial charge on any atom is 0.319 e. The molecule has 0 heterocycles. The van der Waals surface area contributed by atoms with E-state index in [0.29, 0.717) is 22.8 Å². The molecule has 1 saturated carbocycles. The highest BCUT2D eigenvalue weighted by Crippen LogP contribution is 2.26. The maximum atomic E-state index is 12.8. The Labute approximate surface area is 173 Å². The molecule has 0 saturated heterocycles. The fourth-order valence-corrected chi connectivity index (χ4v) is 3.89. The summed E-state index contributed by atoms with van der Waals surface area (Å²) in [6.07, 6.45) is 5.68. The summed E-state index contributed by atoms with van der Waals surface area (Å²) in [4.78, 5) is 28.9. The van der Waals surface area contributed by atoms with Crippen LogP contribution in [0.3, 0.4) is 0 Å². The lowest BCUT2D eigenvalue weighted by Crippen LogP contribution is -2.38. The first kappa shape index (κ1) is 22.5. The minimum absolute atomic E-state index is 0.0628. The van der Waals surface area contributed by atoms with Gasteiger partial charge in [-0.1, -0.05) is 44.7 Å². The van der Waals surface area contributed by atoms with Crippen LogP contribution in [0.15, 0.2) is 18.2 Å². The number of hydrogen-bond donors (Lipinski definition) is 2. The second-order valence-electron chi connectivity index (χ2n) is 7.31. The number of hydrogen-bond acceptors (Lipinski definition) is 3. The van der Waals surface area contributed by atoms with Crippen molar-refractivity contribution in [3.63, 3.8) is 0 Å².